The van der Waals surface area contributed by atoms with Crippen LogP contribution in [0.3, 0.4) is 0 Å². The Labute approximate surface area is 200 Å². The number of benzene rings is 2. The molecule has 0 bridgehead atoms. The molecule has 0 radical (unpaired) electrons. The van der Waals surface area contributed by atoms with Crippen molar-refractivity contribution < 1.29 is 22.7 Å². The van der Waals surface area contributed by atoms with Crippen LogP contribution in [-0.4, -0.2) is 57.3 Å². The molecule has 0 aliphatic carbocycles. The van der Waals surface area contributed by atoms with Crippen molar-refractivity contribution in [3.8, 4) is 0 Å². The summed E-state index contributed by atoms with van der Waals surface area (Å²) in [7, 11) is -3.70. The van der Waals surface area contributed by atoms with Crippen LogP contribution in [0.25, 0.3) is 0 Å². The Balaban J connectivity index is 1.22. The Morgan fingerprint density at radius 1 is 1.15 bits per heavy atom. The van der Waals surface area contributed by atoms with Gasteiger partial charge in [0.1, 0.15) is 11.5 Å². The van der Waals surface area contributed by atoms with Crippen molar-refractivity contribution in [1.82, 2.24) is 10.2 Å². The average Bonchev–Trinajstić information content (AvgIpc) is 3.12. The summed E-state index contributed by atoms with van der Waals surface area (Å²) in [6, 6.07) is 14.8. The van der Waals surface area contributed by atoms with Crippen molar-refractivity contribution in [3.05, 3.63) is 65.2 Å². The van der Waals surface area contributed by atoms with Gasteiger partial charge in [-0.1, -0.05) is 42.0 Å². The van der Waals surface area contributed by atoms with Gasteiger partial charge >= 0.3 is 5.97 Å². The summed E-state index contributed by atoms with van der Waals surface area (Å²) in [4.78, 5) is 26.7. The topological polar surface area (TPSA) is 105 Å². The third-order valence-electron chi connectivity index (χ3n) is 6.10. The number of hydrogen-bond acceptors (Lipinski definition) is 6. The molecule has 1 N–H and O–H groups in total. The first-order valence-electron chi connectivity index (χ1n) is 11.5. The molecule has 0 saturated carbocycles. The standard InChI is InChI=1S/C25H29N3O5S/c1-18-8-10-19(11-9-18)12-13-23(29)26-14-16-33-25(30)20-5-4-15-28(17-20)24-21-6-2-3-7-22(21)34(31,32)27-24/h2-3,6-11,20H,4-5,12-17H2,1H3,(H,26,29). The molecule has 2 aromatic rings. The highest BCUT2D eigenvalue weighted by atomic mass is 32.2. The molecular weight excluding hydrogens is 454 g/mol. The fourth-order valence-electron chi connectivity index (χ4n) is 4.24. The summed E-state index contributed by atoms with van der Waals surface area (Å²) in [6.45, 7) is 3.36. The number of fused-ring (bicyclic) bond motifs is 1. The van der Waals surface area contributed by atoms with E-state index in [1.807, 2.05) is 36.1 Å². The first-order valence-corrected chi connectivity index (χ1v) is 13.0. The Morgan fingerprint density at radius 2 is 1.91 bits per heavy atom. The van der Waals surface area contributed by atoms with Crippen molar-refractivity contribution in [2.45, 2.75) is 37.5 Å². The second-order valence-corrected chi connectivity index (χ2v) is 10.2. The molecule has 2 heterocycles. The Morgan fingerprint density at radius 3 is 2.71 bits per heavy atom. The first kappa shape index (κ1) is 23.9. The van der Waals surface area contributed by atoms with Crippen LogP contribution >= 0.6 is 0 Å². The van der Waals surface area contributed by atoms with Gasteiger partial charge in [0.2, 0.25) is 5.91 Å². The molecule has 180 valence electrons. The van der Waals surface area contributed by atoms with E-state index >= 15 is 0 Å². The second-order valence-electron chi connectivity index (χ2n) is 8.67. The summed E-state index contributed by atoms with van der Waals surface area (Å²) in [5.41, 5.74) is 2.86. The summed E-state index contributed by atoms with van der Waals surface area (Å²) in [5.74, 6) is -0.397. The van der Waals surface area contributed by atoms with Crippen LogP contribution in [0.4, 0.5) is 0 Å². The summed E-state index contributed by atoms with van der Waals surface area (Å²) < 4.78 is 34.1. The maximum absolute atomic E-state index is 12.6. The van der Waals surface area contributed by atoms with E-state index < -0.39 is 10.0 Å². The number of nitrogens with zero attached hydrogens (tertiary/aromatic N) is 2. The van der Waals surface area contributed by atoms with Gasteiger partial charge in [-0.05, 0) is 43.9 Å². The number of amidine groups is 1. The van der Waals surface area contributed by atoms with Gasteiger partial charge in [-0.2, -0.15) is 8.42 Å². The van der Waals surface area contributed by atoms with E-state index in [2.05, 4.69) is 9.71 Å². The Hall–Kier alpha value is -3.20. The minimum Gasteiger partial charge on any atom is -0.464 e. The van der Waals surface area contributed by atoms with Gasteiger partial charge in [0.15, 0.2) is 5.84 Å². The lowest BCUT2D eigenvalue weighted by Gasteiger charge is -2.32. The lowest BCUT2D eigenvalue weighted by Crippen LogP contribution is -2.43. The lowest BCUT2D eigenvalue weighted by atomic mass is 9.97. The zero-order valence-corrected chi connectivity index (χ0v) is 20.0. The predicted octanol–water partition coefficient (Wildman–Crippen LogP) is 2.45. The van der Waals surface area contributed by atoms with Crippen LogP contribution in [0.5, 0.6) is 0 Å². The highest BCUT2D eigenvalue weighted by Crippen LogP contribution is 2.29. The number of amides is 1. The molecule has 2 aliphatic heterocycles. The smallest absolute Gasteiger partial charge is 0.310 e. The van der Waals surface area contributed by atoms with Gasteiger partial charge in [-0.3, -0.25) is 9.59 Å². The fourth-order valence-corrected chi connectivity index (χ4v) is 5.47. The monoisotopic (exact) mass is 483 g/mol. The Bertz CT molecular complexity index is 1190. The van der Waals surface area contributed by atoms with Crippen LogP contribution < -0.4 is 5.32 Å². The maximum Gasteiger partial charge on any atom is 0.310 e. The number of ether oxygens (including phenoxy) is 1. The van der Waals surface area contributed by atoms with Crippen LogP contribution in [0.15, 0.2) is 57.8 Å². The zero-order valence-electron chi connectivity index (χ0n) is 19.2. The molecule has 2 aliphatic rings. The largest absolute Gasteiger partial charge is 0.464 e. The highest BCUT2D eigenvalue weighted by Gasteiger charge is 2.35. The molecule has 8 nitrogen and oxygen atoms in total. The number of hydrogen-bond donors (Lipinski definition) is 1. The number of esters is 1. The third-order valence-corrected chi connectivity index (χ3v) is 7.42. The number of likely N-dealkylation sites (tertiary alicyclic amines) is 1. The molecule has 1 saturated heterocycles. The summed E-state index contributed by atoms with van der Waals surface area (Å²) >= 11 is 0. The van der Waals surface area contributed by atoms with Gasteiger partial charge in [-0.25, -0.2) is 0 Å². The number of carbonyl (C=O) groups excluding carboxylic acids is 2. The fraction of sp³-hybridized carbons (Fsp3) is 0.400. The zero-order chi connectivity index (χ0) is 24.1. The van der Waals surface area contributed by atoms with Gasteiger partial charge in [0.25, 0.3) is 10.0 Å². The number of piperidine rings is 1. The lowest BCUT2D eigenvalue weighted by molar-refractivity contribution is -0.150. The van der Waals surface area contributed by atoms with E-state index in [9.17, 15) is 18.0 Å². The normalized spacial score (nSPS) is 18.7. The van der Waals surface area contributed by atoms with Gasteiger partial charge in [0.05, 0.1) is 12.5 Å². The molecule has 9 heteroatoms. The molecule has 0 aromatic heterocycles. The SMILES string of the molecule is Cc1ccc(CCC(=O)NCCOC(=O)C2CCCN(C3=NS(=O)(=O)c4ccccc43)C2)cc1. The quantitative estimate of drug-likeness (QED) is 0.479. The van der Waals surface area contributed by atoms with Crippen LogP contribution in [0, 0.1) is 12.8 Å². The molecule has 2 aromatic carbocycles. The molecule has 1 unspecified atom stereocenters. The molecule has 4 rings (SSSR count). The van der Waals surface area contributed by atoms with Gasteiger partial charge in [-0.15, -0.1) is 4.40 Å². The van der Waals surface area contributed by atoms with Gasteiger partial charge in [0, 0.05) is 25.1 Å². The number of carbonyl (C=O) groups is 2. The molecule has 1 fully saturated rings. The maximum atomic E-state index is 12.6. The van der Waals surface area contributed by atoms with E-state index in [0.717, 1.165) is 12.0 Å². The number of nitrogens with one attached hydrogen (secondary N) is 1. The predicted molar refractivity (Wildman–Crippen MR) is 128 cm³/mol. The minimum atomic E-state index is -3.70. The van der Waals surface area contributed by atoms with Crippen LogP contribution in [-0.2, 0) is 30.8 Å². The van der Waals surface area contributed by atoms with Crippen molar-refractivity contribution in [3.63, 3.8) is 0 Å². The third kappa shape index (κ3) is 5.64. The van der Waals surface area contributed by atoms with E-state index in [-0.39, 0.29) is 35.8 Å². The molecule has 1 amide bonds. The minimum absolute atomic E-state index is 0.0837. The molecule has 1 atom stereocenters. The summed E-state index contributed by atoms with van der Waals surface area (Å²) in [6.07, 6.45) is 2.43. The summed E-state index contributed by atoms with van der Waals surface area (Å²) in [5, 5.41) is 2.78. The van der Waals surface area contributed by atoms with Crippen molar-refractivity contribution in [2.75, 3.05) is 26.2 Å². The van der Waals surface area contributed by atoms with Crippen LogP contribution in [0.2, 0.25) is 0 Å². The molecule has 0 spiro atoms. The number of aryl methyl sites for hydroxylation is 2. The van der Waals surface area contributed by atoms with Crippen molar-refractivity contribution in [1.29, 1.82) is 0 Å². The van der Waals surface area contributed by atoms with Gasteiger partial charge < -0.3 is 15.0 Å². The number of sulfonamides is 1. The van der Waals surface area contributed by atoms with E-state index in [1.54, 1.807) is 24.3 Å². The van der Waals surface area contributed by atoms with Crippen molar-refractivity contribution >= 4 is 27.7 Å². The second kappa shape index (κ2) is 10.4. The van der Waals surface area contributed by atoms with Crippen molar-refractivity contribution in [2.24, 2.45) is 10.3 Å². The highest BCUT2D eigenvalue weighted by molar-refractivity contribution is 7.90. The average molecular weight is 484 g/mol. The molecular formula is C25H29N3O5S. The van der Waals surface area contributed by atoms with Crippen LogP contribution in [0.1, 0.15) is 36.0 Å². The Kier molecular flexibility index (Phi) is 7.31. The van der Waals surface area contributed by atoms with E-state index in [4.69, 9.17) is 4.74 Å². The molecule has 34 heavy (non-hydrogen) atoms. The first-order chi connectivity index (χ1) is 16.3. The van der Waals surface area contributed by atoms with E-state index in [0.29, 0.717) is 43.8 Å². The van der Waals surface area contributed by atoms with E-state index in [1.165, 1.54) is 5.56 Å². The number of rotatable bonds is 7.